The van der Waals surface area contributed by atoms with E-state index in [0.29, 0.717) is 0 Å². The number of fused-ring (bicyclic) bond motifs is 3. The first-order chi connectivity index (χ1) is 16.6. The van der Waals surface area contributed by atoms with Gasteiger partial charge in [-0.25, -0.2) is 4.79 Å². The van der Waals surface area contributed by atoms with Crippen molar-refractivity contribution >= 4 is 18.0 Å². The van der Waals surface area contributed by atoms with Crippen LogP contribution in [-0.4, -0.2) is 44.8 Å². The van der Waals surface area contributed by atoms with Crippen LogP contribution >= 0.6 is 0 Å². The summed E-state index contributed by atoms with van der Waals surface area (Å²) in [5.74, 6) is -0.810. The zero-order chi connectivity index (χ0) is 24.2. The summed E-state index contributed by atoms with van der Waals surface area (Å²) in [6, 6.07) is 16.3. The van der Waals surface area contributed by atoms with Gasteiger partial charge in [0.15, 0.2) is 0 Å². The van der Waals surface area contributed by atoms with Gasteiger partial charge in [0.25, 0.3) is 0 Å². The van der Waals surface area contributed by atoms with E-state index in [0.717, 1.165) is 11.1 Å². The number of alkyl carbamates (subject to hydrolysis) is 1. The minimum atomic E-state index is -0.519. The highest BCUT2D eigenvalue weighted by atomic mass is 16.7. The van der Waals surface area contributed by atoms with Crippen molar-refractivity contribution in [2.45, 2.75) is 18.8 Å². The van der Waals surface area contributed by atoms with Crippen molar-refractivity contribution in [1.82, 2.24) is 10.8 Å². The van der Waals surface area contributed by atoms with E-state index in [1.165, 1.54) is 18.2 Å². The molecule has 1 aliphatic rings. The number of rotatable bonds is 11. The summed E-state index contributed by atoms with van der Waals surface area (Å²) in [6.07, 6.45) is 6.20. The molecule has 0 bridgehead atoms. The molecule has 0 unspecified atom stereocenters. The fourth-order valence-corrected chi connectivity index (χ4v) is 3.61. The van der Waals surface area contributed by atoms with Gasteiger partial charge in [-0.15, -0.1) is 5.48 Å². The molecule has 3 rings (SSSR count). The lowest BCUT2D eigenvalue weighted by Gasteiger charge is -2.14. The van der Waals surface area contributed by atoms with Crippen molar-refractivity contribution in [2.75, 3.05) is 26.8 Å². The number of hydroxylamine groups is 1. The standard InChI is InChI=1S/C26H28N2O6/c1-32-24(29)14-7-9-17-28-34-25(30)15-6-8-16-27-26(31)33-18-23-21-12-4-2-10-19(21)20-11-3-5-13-22(20)23/h2-13,23,28H,14-18H2,1H3,(H,27,31)/b8-6+,9-7+. The number of nitrogens with one attached hydrogen (secondary N) is 2. The van der Waals surface area contributed by atoms with Crippen LogP contribution < -0.4 is 10.8 Å². The van der Waals surface area contributed by atoms with Gasteiger partial charge in [0.05, 0.1) is 20.0 Å². The van der Waals surface area contributed by atoms with Crippen LogP contribution in [-0.2, 0) is 23.9 Å². The van der Waals surface area contributed by atoms with Crippen LogP contribution in [0.5, 0.6) is 0 Å². The maximum absolute atomic E-state index is 12.1. The first-order valence-corrected chi connectivity index (χ1v) is 11.0. The normalized spacial score (nSPS) is 12.4. The Kier molecular flexibility index (Phi) is 9.42. The molecule has 2 aromatic rings. The van der Waals surface area contributed by atoms with Crippen molar-refractivity contribution in [2.24, 2.45) is 0 Å². The Morgan fingerprint density at radius 2 is 1.41 bits per heavy atom. The predicted octanol–water partition coefficient (Wildman–Crippen LogP) is 3.64. The van der Waals surface area contributed by atoms with E-state index in [-0.39, 0.29) is 44.4 Å². The molecule has 0 fully saturated rings. The third-order valence-corrected chi connectivity index (χ3v) is 5.23. The van der Waals surface area contributed by atoms with Crippen molar-refractivity contribution in [3.63, 3.8) is 0 Å². The zero-order valence-corrected chi connectivity index (χ0v) is 19.0. The Bertz CT molecular complexity index is 1020. The van der Waals surface area contributed by atoms with Crippen molar-refractivity contribution in [3.8, 4) is 11.1 Å². The number of carbonyl (C=O) groups excluding carboxylic acids is 3. The predicted molar refractivity (Wildman–Crippen MR) is 127 cm³/mol. The third-order valence-electron chi connectivity index (χ3n) is 5.23. The van der Waals surface area contributed by atoms with Crippen molar-refractivity contribution in [1.29, 1.82) is 0 Å². The molecule has 8 heteroatoms. The second-order valence-corrected chi connectivity index (χ2v) is 7.46. The summed E-state index contributed by atoms with van der Waals surface area (Å²) in [6.45, 7) is 0.749. The molecule has 0 saturated heterocycles. The number of carbonyl (C=O) groups is 3. The Labute approximate surface area is 198 Å². The molecule has 0 spiro atoms. The van der Waals surface area contributed by atoms with Crippen LogP contribution in [0.1, 0.15) is 29.9 Å². The van der Waals surface area contributed by atoms with Gasteiger partial charge >= 0.3 is 18.0 Å². The summed E-state index contributed by atoms with van der Waals surface area (Å²) in [5, 5.41) is 2.65. The summed E-state index contributed by atoms with van der Waals surface area (Å²) in [7, 11) is 1.32. The molecule has 1 aliphatic carbocycles. The van der Waals surface area contributed by atoms with E-state index in [2.05, 4.69) is 39.8 Å². The molecule has 34 heavy (non-hydrogen) atoms. The number of hydrogen-bond acceptors (Lipinski definition) is 7. The van der Waals surface area contributed by atoms with E-state index in [4.69, 9.17) is 9.57 Å². The van der Waals surface area contributed by atoms with Gasteiger partial charge in [0.1, 0.15) is 6.61 Å². The van der Waals surface area contributed by atoms with Gasteiger partial charge in [0, 0.05) is 19.0 Å². The first-order valence-electron chi connectivity index (χ1n) is 11.0. The quantitative estimate of drug-likeness (QED) is 0.172. The maximum atomic E-state index is 12.1. The lowest BCUT2D eigenvalue weighted by atomic mass is 9.98. The Balaban J connectivity index is 1.32. The topological polar surface area (TPSA) is 103 Å². The zero-order valence-electron chi connectivity index (χ0n) is 19.0. The monoisotopic (exact) mass is 464 g/mol. The molecule has 2 N–H and O–H groups in total. The average molecular weight is 465 g/mol. The van der Waals surface area contributed by atoms with Crippen LogP contribution in [0.3, 0.4) is 0 Å². The van der Waals surface area contributed by atoms with Crippen molar-refractivity contribution < 1.29 is 28.7 Å². The number of esters is 1. The van der Waals surface area contributed by atoms with Gasteiger partial charge in [-0.2, -0.15) is 0 Å². The van der Waals surface area contributed by atoms with Crippen molar-refractivity contribution in [3.05, 3.63) is 84.0 Å². The maximum Gasteiger partial charge on any atom is 0.407 e. The van der Waals surface area contributed by atoms with Crippen LogP contribution in [0.15, 0.2) is 72.8 Å². The highest BCUT2D eigenvalue weighted by Crippen LogP contribution is 2.44. The molecule has 1 amide bonds. The lowest BCUT2D eigenvalue weighted by Crippen LogP contribution is -2.26. The van der Waals surface area contributed by atoms with Gasteiger partial charge in [-0.05, 0) is 22.3 Å². The second kappa shape index (κ2) is 13.0. The number of amides is 1. The molecule has 0 radical (unpaired) electrons. The van der Waals surface area contributed by atoms with Gasteiger partial charge in [-0.1, -0.05) is 72.8 Å². The molecule has 2 aromatic carbocycles. The van der Waals surface area contributed by atoms with Gasteiger partial charge in [0.2, 0.25) is 0 Å². The number of hydrogen-bond donors (Lipinski definition) is 2. The van der Waals surface area contributed by atoms with E-state index < -0.39 is 12.1 Å². The van der Waals surface area contributed by atoms with Gasteiger partial charge in [-0.3, -0.25) is 9.59 Å². The number of benzene rings is 2. The Morgan fingerprint density at radius 1 is 0.824 bits per heavy atom. The van der Waals surface area contributed by atoms with Crippen LogP contribution in [0.25, 0.3) is 11.1 Å². The highest BCUT2D eigenvalue weighted by molar-refractivity contribution is 5.79. The summed E-state index contributed by atoms with van der Waals surface area (Å²) in [5.41, 5.74) is 7.14. The van der Waals surface area contributed by atoms with Gasteiger partial charge < -0.3 is 19.6 Å². The molecule has 0 heterocycles. The minimum Gasteiger partial charge on any atom is -0.469 e. The van der Waals surface area contributed by atoms with E-state index >= 15 is 0 Å². The molecule has 0 saturated carbocycles. The Morgan fingerprint density at radius 3 is 2.06 bits per heavy atom. The van der Waals surface area contributed by atoms with Crippen LogP contribution in [0.2, 0.25) is 0 Å². The smallest absolute Gasteiger partial charge is 0.407 e. The fraction of sp³-hybridized carbons (Fsp3) is 0.269. The molecule has 0 atom stereocenters. The van der Waals surface area contributed by atoms with E-state index in [1.807, 2.05) is 24.3 Å². The molecule has 178 valence electrons. The summed E-state index contributed by atoms with van der Waals surface area (Å²) >= 11 is 0. The fourth-order valence-electron chi connectivity index (χ4n) is 3.61. The minimum absolute atomic E-state index is 0.00581. The molecular weight excluding hydrogens is 436 g/mol. The molecule has 8 nitrogen and oxygen atoms in total. The molecule has 0 aromatic heterocycles. The van der Waals surface area contributed by atoms with Crippen LogP contribution in [0, 0.1) is 0 Å². The SMILES string of the molecule is COC(=O)C/C=C/CNOC(=O)C/C=C/CNC(=O)OCC1c2ccccc2-c2ccccc21. The van der Waals surface area contributed by atoms with E-state index in [9.17, 15) is 14.4 Å². The second-order valence-electron chi connectivity index (χ2n) is 7.46. The third kappa shape index (κ3) is 7.05. The lowest BCUT2D eigenvalue weighted by molar-refractivity contribution is -0.149. The van der Waals surface area contributed by atoms with Crippen LogP contribution in [0.4, 0.5) is 4.79 Å². The summed E-state index contributed by atoms with van der Waals surface area (Å²) < 4.78 is 9.95. The molecule has 0 aliphatic heterocycles. The first kappa shape index (κ1) is 24.7. The number of ether oxygens (including phenoxy) is 2. The Hall–Kier alpha value is -3.91. The number of methoxy groups -OCH3 is 1. The van der Waals surface area contributed by atoms with E-state index in [1.54, 1.807) is 24.3 Å². The summed E-state index contributed by atoms with van der Waals surface area (Å²) in [4.78, 5) is 39.5. The highest BCUT2D eigenvalue weighted by Gasteiger charge is 2.28. The molecular formula is C26H28N2O6. The largest absolute Gasteiger partial charge is 0.469 e. The average Bonchev–Trinajstić information content (AvgIpc) is 3.18.